The van der Waals surface area contributed by atoms with Crippen molar-refractivity contribution in [2.45, 2.75) is 38.9 Å². The minimum Gasteiger partial charge on any atom is -0.437 e. The molecule has 1 N–H and O–H groups in total. The lowest BCUT2D eigenvalue weighted by molar-refractivity contribution is 0.238. The Hall–Kier alpha value is -2.49. The summed E-state index contributed by atoms with van der Waals surface area (Å²) < 4.78 is 9.02. The summed E-state index contributed by atoms with van der Waals surface area (Å²) in [4.78, 5) is 14.5. The number of rotatable bonds is 6. The van der Waals surface area contributed by atoms with Crippen molar-refractivity contribution in [1.82, 2.24) is 34.8 Å². The van der Waals surface area contributed by atoms with Gasteiger partial charge in [0.25, 0.3) is 0 Å². The van der Waals surface area contributed by atoms with E-state index < -0.39 is 0 Å². The van der Waals surface area contributed by atoms with Gasteiger partial charge in [-0.05, 0) is 52.9 Å². The number of aromatic amines is 1. The van der Waals surface area contributed by atoms with Crippen molar-refractivity contribution >= 4 is 38.6 Å². The fourth-order valence-electron chi connectivity index (χ4n) is 4.16. The average Bonchev–Trinajstić information content (AvgIpc) is 3.32. The summed E-state index contributed by atoms with van der Waals surface area (Å²) in [6, 6.07) is 5.87. The zero-order valence-electron chi connectivity index (χ0n) is 17.3. The molecule has 3 aromatic heterocycles. The van der Waals surface area contributed by atoms with Crippen LogP contribution in [0.2, 0.25) is 5.02 Å². The quantitative estimate of drug-likeness (QED) is 0.401. The van der Waals surface area contributed by atoms with E-state index in [1.165, 1.54) is 18.5 Å². The van der Waals surface area contributed by atoms with Gasteiger partial charge in [0.2, 0.25) is 5.88 Å². The number of fused-ring (bicyclic) bond motifs is 2. The van der Waals surface area contributed by atoms with Gasteiger partial charge in [-0.3, -0.25) is 4.90 Å². The molecule has 0 radical (unpaired) electrons. The summed E-state index contributed by atoms with van der Waals surface area (Å²) in [5.41, 5.74) is 5.04. The predicted octanol–water partition coefficient (Wildman–Crippen LogP) is 4.73. The molecule has 164 valence electrons. The molecule has 0 bridgehead atoms. The highest BCUT2D eigenvalue weighted by atomic mass is 79.9. The Bertz CT molecular complexity index is 1300. The first kappa shape index (κ1) is 20.1. The van der Waals surface area contributed by atoms with Crippen LogP contribution in [0.25, 0.3) is 11.0 Å². The minimum absolute atomic E-state index is 0.535. The van der Waals surface area contributed by atoms with E-state index in [4.69, 9.17) is 16.3 Å². The lowest BCUT2D eigenvalue weighted by Crippen LogP contribution is -2.30. The van der Waals surface area contributed by atoms with Crippen molar-refractivity contribution in [2.24, 2.45) is 5.92 Å². The van der Waals surface area contributed by atoms with Gasteiger partial charge in [0.05, 0.1) is 27.0 Å². The number of imidazole rings is 1. The van der Waals surface area contributed by atoms with Crippen molar-refractivity contribution in [2.75, 3.05) is 6.54 Å². The van der Waals surface area contributed by atoms with Crippen LogP contribution in [0, 0.1) is 5.92 Å². The van der Waals surface area contributed by atoms with Gasteiger partial charge in [0.1, 0.15) is 11.3 Å². The first-order valence-electron chi connectivity index (χ1n) is 10.7. The van der Waals surface area contributed by atoms with Gasteiger partial charge in [0, 0.05) is 50.1 Å². The zero-order valence-corrected chi connectivity index (χ0v) is 19.6. The van der Waals surface area contributed by atoms with Crippen molar-refractivity contribution in [3.63, 3.8) is 0 Å². The largest absolute Gasteiger partial charge is 0.437 e. The SMILES string of the molecule is Clc1cnc(Oc2ccc3c(nnn3CC3CC3)c2Br)c(CN2CCc3[nH]cnc3C2)c1. The van der Waals surface area contributed by atoms with Crippen molar-refractivity contribution < 1.29 is 4.74 Å². The van der Waals surface area contributed by atoms with Gasteiger partial charge in [-0.1, -0.05) is 16.8 Å². The maximum atomic E-state index is 6.28. The molecule has 10 heteroatoms. The number of H-pyrrole nitrogens is 1. The average molecular weight is 515 g/mol. The molecule has 1 fully saturated rings. The molecule has 0 atom stereocenters. The Morgan fingerprint density at radius 3 is 3.03 bits per heavy atom. The maximum absolute atomic E-state index is 6.28. The molecule has 1 aromatic carbocycles. The lowest BCUT2D eigenvalue weighted by Gasteiger charge is -2.26. The number of hydrogen-bond donors (Lipinski definition) is 1. The second-order valence-electron chi connectivity index (χ2n) is 8.47. The highest BCUT2D eigenvalue weighted by Gasteiger charge is 2.24. The Morgan fingerprint density at radius 2 is 2.16 bits per heavy atom. The van der Waals surface area contributed by atoms with Gasteiger partial charge in [-0.2, -0.15) is 0 Å². The third-order valence-corrected chi connectivity index (χ3v) is 7.04. The first-order chi connectivity index (χ1) is 15.6. The van der Waals surface area contributed by atoms with Crippen molar-refractivity contribution in [1.29, 1.82) is 0 Å². The van der Waals surface area contributed by atoms with E-state index in [2.05, 4.69) is 46.1 Å². The topological polar surface area (TPSA) is 84.8 Å². The number of aromatic nitrogens is 6. The number of pyridine rings is 1. The highest BCUT2D eigenvalue weighted by molar-refractivity contribution is 9.10. The van der Waals surface area contributed by atoms with Gasteiger partial charge >= 0.3 is 0 Å². The highest BCUT2D eigenvalue weighted by Crippen LogP contribution is 2.37. The van der Waals surface area contributed by atoms with Crippen LogP contribution in [-0.4, -0.2) is 41.4 Å². The van der Waals surface area contributed by atoms with Gasteiger partial charge in [-0.15, -0.1) is 5.10 Å². The fourth-order valence-corrected chi connectivity index (χ4v) is 4.84. The third-order valence-electron chi connectivity index (χ3n) is 6.07. The Morgan fingerprint density at radius 1 is 1.25 bits per heavy atom. The van der Waals surface area contributed by atoms with Crippen LogP contribution in [0.4, 0.5) is 0 Å². The molecular weight excluding hydrogens is 494 g/mol. The van der Waals surface area contributed by atoms with E-state index in [1.54, 1.807) is 12.5 Å². The van der Waals surface area contributed by atoms with Gasteiger partial charge in [-0.25, -0.2) is 14.6 Å². The molecule has 4 heterocycles. The van der Waals surface area contributed by atoms with E-state index in [0.29, 0.717) is 23.2 Å². The number of halogens is 2. The van der Waals surface area contributed by atoms with Crippen LogP contribution in [0.1, 0.15) is 29.8 Å². The molecule has 0 unspecified atom stereocenters. The summed E-state index contributed by atoms with van der Waals surface area (Å²) in [6.45, 7) is 3.30. The number of nitrogens with one attached hydrogen (secondary N) is 1. The summed E-state index contributed by atoms with van der Waals surface area (Å²) >= 11 is 9.94. The van der Waals surface area contributed by atoms with E-state index >= 15 is 0 Å². The number of hydrogen-bond acceptors (Lipinski definition) is 6. The molecule has 0 amide bonds. The summed E-state index contributed by atoms with van der Waals surface area (Å²) in [7, 11) is 0. The fraction of sp³-hybridized carbons (Fsp3) is 0.364. The van der Waals surface area contributed by atoms with Crippen molar-refractivity contribution in [3.8, 4) is 11.6 Å². The summed E-state index contributed by atoms with van der Waals surface area (Å²) in [5.74, 6) is 1.91. The molecule has 0 spiro atoms. The smallest absolute Gasteiger partial charge is 0.223 e. The molecule has 32 heavy (non-hydrogen) atoms. The van der Waals surface area contributed by atoms with Crippen LogP contribution in [0.3, 0.4) is 0 Å². The number of nitrogens with zero attached hydrogens (tertiary/aromatic N) is 6. The van der Waals surface area contributed by atoms with E-state index in [-0.39, 0.29) is 0 Å². The van der Waals surface area contributed by atoms with E-state index in [0.717, 1.165) is 58.7 Å². The van der Waals surface area contributed by atoms with Crippen LogP contribution in [0.15, 0.2) is 35.2 Å². The monoisotopic (exact) mass is 513 g/mol. The minimum atomic E-state index is 0.535. The standard InChI is InChI=1S/C22H21BrClN7O/c23-20-19(4-3-18-21(20)28-29-31(18)9-13-1-2-13)32-22-14(7-15(24)8-25-22)10-30-6-5-16-17(11-30)27-12-26-16/h3-4,7-8,12-13H,1-2,5-6,9-11H2,(H,26,27). The Labute approximate surface area is 198 Å². The third kappa shape index (κ3) is 3.89. The van der Waals surface area contributed by atoms with Gasteiger partial charge < -0.3 is 9.72 Å². The van der Waals surface area contributed by atoms with Gasteiger partial charge in [0.15, 0.2) is 0 Å². The second kappa shape index (κ2) is 8.13. The maximum Gasteiger partial charge on any atom is 0.223 e. The van der Waals surface area contributed by atoms with Crippen molar-refractivity contribution in [3.05, 3.63) is 57.2 Å². The molecule has 4 aromatic rings. The first-order valence-corrected chi connectivity index (χ1v) is 11.9. The van der Waals surface area contributed by atoms with Crippen LogP contribution in [-0.2, 0) is 26.1 Å². The normalized spacial score (nSPS) is 16.4. The molecule has 0 saturated heterocycles. The summed E-state index contributed by atoms with van der Waals surface area (Å²) in [6.07, 6.45) is 6.86. The molecule has 1 aliphatic heterocycles. The summed E-state index contributed by atoms with van der Waals surface area (Å²) in [5, 5.41) is 9.30. The molecule has 6 rings (SSSR count). The van der Waals surface area contributed by atoms with Crippen LogP contribution >= 0.6 is 27.5 Å². The van der Waals surface area contributed by atoms with E-state index in [9.17, 15) is 0 Å². The van der Waals surface area contributed by atoms with E-state index in [1.807, 2.05) is 22.9 Å². The second-order valence-corrected chi connectivity index (χ2v) is 9.70. The zero-order chi connectivity index (χ0) is 21.7. The molecule has 1 aliphatic carbocycles. The Balaban J connectivity index is 1.26. The predicted molar refractivity (Wildman–Crippen MR) is 124 cm³/mol. The van der Waals surface area contributed by atoms with Crippen LogP contribution < -0.4 is 4.74 Å². The molecule has 2 aliphatic rings. The molecule has 1 saturated carbocycles. The molecule has 8 nitrogen and oxygen atoms in total. The lowest BCUT2D eigenvalue weighted by atomic mass is 10.1. The number of benzene rings is 1. The van der Waals surface area contributed by atoms with Crippen LogP contribution in [0.5, 0.6) is 11.6 Å². The number of ether oxygens (including phenoxy) is 1. The Kier molecular flexibility index (Phi) is 5.12. The molecular formula is C22H21BrClN7O.